The number of hydrogen-bond acceptors (Lipinski definition) is 3. The summed E-state index contributed by atoms with van der Waals surface area (Å²) in [5.74, 6) is -1.15. The molecule has 0 aliphatic carbocycles. The maximum absolute atomic E-state index is 12.1. The molecule has 1 aromatic rings. The van der Waals surface area contributed by atoms with E-state index < -0.39 is 11.5 Å². The molecule has 5 nitrogen and oxygen atoms in total. The molecular weight excluding hydrogens is 256 g/mol. The van der Waals surface area contributed by atoms with Crippen LogP contribution in [0.1, 0.15) is 26.3 Å². The first-order valence-corrected chi connectivity index (χ1v) is 6.63. The molecule has 0 aromatic heterocycles. The molecule has 2 N–H and O–H groups in total. The Bertz CT molecular complexity index is 498. The van der Waals surface area contributed by atoms with Crippen LogP contribution in [-0.4, -0.2) is 40.5 Å². The van der Waals surface area contributed by atoms with Crippen LogP contribution in [-0.2, 0) is 9.59 Å². The highest BCUT2D eigenvalue weighted by atomic mass is 16.4. The number of nitrogens with one attached hydrogen (secondary N) is 1. The Balaban J connectivity index is 2.74. The minimum Gasteiger partial charge on any atom is -0.480 e. The first-order chi connectivity index (χ1) is 9.28. The molecule has 0 aliphatic rings. The molecule has 0 aliphatic heterocycles. The summed E-state index contributed by atoms with van der Waals surface area (Å²) in [6, 6.07) is 7.48. The number of anilines is 1. The van der Waals surface area contributed by atoms with E-state index in [1.807, 2.05) is 38.1 Å². The zero-order chi connectivity index (χ0) is 15.3. The molecule has 0 radical (unpaired) electrons. The summed E-state index contributed by atoms with van der Waals surface area (Å²) in [5, 5.41) is 12.0. The number of hydrogen-bond donors (Lipinski definition) is 2. The number of carbonyl (C=O) groups is 2. The van der Waals surface area contributed by atoms with Crippen LogP contribution < -0.4 is 5.32 Å². The number of aliphatic carboxylic acids is 1. The third-order valence-electron chi connectivity index (χ3n) is 3.45. The summed E-state index contributed by atoms with van der Waals surface area (Å²) in [4.78, 5) is 24.9. The van der Waals surface area contributed by atoms with Crippen molar-refractivity contribution in [2.45, 2.75) is 33.2 Å². The van der Waals surface area contributed by atoms with Gasteiger partial charge in [0.05, 0.1) is 6.54 Å². The first-order valence-electron chi connectivity index (χ1n) is 6.63. The van der Waals surface area contributed by atoms with Crippen LogP contribution in [0.15, 0.2) is 24.3 Å². The quantitative estimate of drug-likeness (QED) is 0.836. The molecule has 0 spiro atoms. The summed E-state index contributed by atoms with van der Waals surface area (Å²) in [7, 11) is 0. The smallest absolute Gasteiger partial charge is 0.323 e. The number of benzene rings is 1. The van der Waals surface area contributed by atoms with Gasteiger partial charge in [0, 0.05) is 5.69 Å². The number of nitrogens with zero attached hydrogens (tertiary/aromatic N) is 1. The second kappa shape index (κ2) is 6.52. The predicted molar refractivity (Wildman–Crippen MR) is 78.8 cm³/mol. The van der Waals surface area contributed by atoms with Crippen LogP contribution in [0.5, 0.6) is 0 Å². The molecule has 1 rings (SSSR count). The van der Waals surface area contributed by atoms with Crippen molar-refractivity contribution in [1.29, 1.82) is 0 Å². The molecule has 0 unspecified atom stereocenters. The van der Waals surface area contributed by atoms with E-state index in [1.54, 1.807) is 18.7 Å². The fourth-order valence-electron chi connectivity index (χ4n) is 1.92. The largest absolute Gasteiger partial charge is 0.480 e. The maximum Gasteiger partial charge on any atom is 0.323 e. The van der Waals surface area contributed by atoms with Gasteiger partial charge in [-0.2, -0.15) is 0 Å². The zero-order valence-electron chi connectivity index (χ0n) is 12.4. The third-order valence-corrected chi connectivity index (χ3v) is 3.45. The van der Waals surface area contributed by atoms with Gasteiger partial charge in [0.2, 0.25) is 5.91 Å². The van der Waals surface area contributed by atoms with E-state index in [1.165, 1.54) is 0 Å². The topological polar surface area (TPSA) is 69.6 Å². The van der Waals surface area contributed by atoms with Gasteiger partial charge in [-0.1, -0.05) is 25.1 Å². The number of para-hydroxylation sites is 1. The van der Waals surface area contributed by atoms with Crippen molar-refractivity contribution in [3.05, 3.63) is 29.8 Å². The summed E-state index contributed by atoms with van der Waals surface area (Å²) in [6.45, 7) is 7.48. The summed E-state index contributed by atoms with van der Waals surface area (Å²) >= 11 is 0. The molecule has 0 bridgehead atoms. The number of likely N-dealkylation sites (N-methyl/N-ethyl adjacent to an activating group) is 1. The van der Waals surface area contributed by atoms with E-state index in [2.05, 4.69) is 5.32 Å². The lowest BCUT2D eigenvalue weighted by Crippen LogP contribution is -2.52. The molecule has 5 heteroatoms. The maximum atomic E-state index is 12.1. The Morgan fingerprint density at radius 2 is 1.90 bits per heavy atom. The highest BCUT2D eigenvalue weighted by Crippen LogP contribution is 2.16. The summed E-state index contributed by atoms with van der Waals surface area (Å²) < 4.78 is 0. The molecule has 20 heavy (non-hydrogen) atoms. The van der Waals surface area contributed by atoms with Gasteiger partial charge in [0.1, 0.15) is 5.54 Å². The van der Waals surface area contributed by atoms with Gasteiger partial charge >= 0.3 is 5.97 Å². The Kier molecular flexibility index (Phi) is 5.27. The fraction of sp³-hybridized carbons (Fsp3) is 0.467. The molecular formula is C15H22N2O3. The summed E-state index contributed by atoms with van der Waals surface area (Å²) in [5.41, 5.74) is 0.653. The van der Waals surface area contributed by atoms with Gasteiger partial charge in [-0.25, -0.2) is 0 Å². The van der Waals surface area contributed by atoms with Crippen molar-refractivity contribution < 1.29 is 14.7 Å². The van der Waals surface area contributed by atoms with Crippen LogP contribution in [0.4, 0.5) is 5.69 Å². The third kappa shape index (κ3) is 3.81. The van der Waals surface area contributed by atoms with Crippen molar-refractivity contribution in [1.82, 2.24) is 4.90 Å². The number of amides is 1. The molecule has 0 heterocycles. The SMILES string of the molecule is CCN(CC(=O)Nc1ccccc1C)C(C)(C)C(=O)O. The molecule has 0 saturated heterocycles. The lowest BCUT2D eigenvalue weighted by atomic mass is 10.0. The number of carboxylic acid groups (broad SMARTS) is 1. The lowest BCUT2D eigenvalue weighted by Gasteiger charge is -2.33. The highest BCUT2D eigenvalue weighted by molar-refractivity contribution is 5.93. The van der Waals surface area contributed by atoms with Gasteiger partial charge < -0.3 is 10.4 Å². The van der Waals surface area contributed by atoms with Crippen molar-refractivity contribution in [3.63, 3.8) is 0 Å². The second-order valence-corrected chi connectivity index (χ2v) is 5.24. The average Bonchev–Trinajstić information content (AvgIpc) is 2.38. The first kappa shape index (κ1) is 16.2. The van der Waals surface area contributed by atoms with E-state index in [0.717, 1.165) is 11.3 Å². The van der Waals surface area contributed by atoms with Gasteiger partial charge in [-0.15, -0.1) is 0 Å². The van der Waals surface area contributed by atoms with Crippen molar-refractivity contribution in [2.24, 2.45) is 0 Å². The minimum atomic E-state index is -1.07. The molecule has 1 amide bonds. The van der Waals surface area contributed by atoms with Crippen LogP contribution >= 0.6 is 0 Å². The molecule has 0 saturated carbocycles. The molecule has 110 valence electrons. The Labute approximate surface area is 119 Å². The monoisotopic (exact) mass is 278 g/mol. The van der Waals surface area contributed by atoms with Gasteiger partial charge in [-0.3, -0.25) is 14.5 Å². The van der Waals surface area contributed by atoms with Crippen LogP contribution in [0.3, 0.4) is 0 Å². The van der Waals surface area contributed by atoms with E-state index >= 15 is 0 Å². The molecule has 1 aromatic carbocycles. The van der Waals surface area contributed by atoms with Gasteiger partial charge in [0.15, 0.2) is 0 Å². The zero-order valence-corrected chi connectivity index (χ0v) is 12.4. The standard InChI is InChI=1S/C15H22N2O3/c1-5-17(15(3,4)14(19)20)10-13(18)16-12-9-7-6-8-11(12)2/h6-9H,5,10H2,1-4H3,(H,16,18)(H,19,20). The van der Waals surface area contributed by atoms with Crippen molar-refractivity contribution >= 4 is 17.6 Å². The Morgan fingerprint density at radius 1 is 1.30 bits per heavy atom. The normalized spacial score (nSPS) is 11.4. The predicted octanol–water partition coefficient (Wildman–Crippen LogP) is 2.12. The number of carboxylic acids is 1. The number of carbonyl (C=O) groups excluding carboxylic acids is 1. The Morgan fingerprint density at radius 3 is 2.40 bits per heavy atom. The van der Waals surface area contributed by atoms with Gasteiger partial charge in [0.25, 0.3) is 0 Å². The minimum absolute atomic E-state index is 0.0458. The van der Waals surface area contributed by atoms with E-state index in [4.69, 9.17) is 0 Å². The van der Waals surface area contributed by atoms with E-state index in [0.29, 0.717) is 6.54 Å². The van der Waals surface area contributed by atoms with Gasteiger partial charge in [-0.05, 0) is 38.9 Å². The van der Waals surface area contributed by atoms with E-state index in [-0.39, 0.29) is 12.5 Å². The van der Waals surface area contributed by atoms with Crippen LogP contribution in [0.2, 0.25) is 0 Å². The highest BCUT2D eigenvalue weighted by Gasteiger charge is 2.34. The fourth-order valence-corrected chi connectivity index (χ4v) is 1.92. The van der Waals surface area contributed by atoms with Crippen molar-refractivity contribution in [3.8, 4) is 0 Å². The average molecular weight is 278 g/mol. The second-order valence-electron chi connectivity index (χ2n) is 5.24. The van der Waals surface area contributed by atoms with Crippen LogP contribution in [0.25, 0.3) is 0 Å². The summed E-state index contributed by atoms with van der Waals surface area (Å²) in [6.07, 6.45) is 0. The Hall–Kier alpha value is -1.88. The lowest BCUT2D eigenvalue weighted by molar-refractivity contribution is -0.149. The molecule has 0 atom stereocenters. The number of rotatable bonds is 6. The number of aryl methyl sites for hydroxylation is 1. The van der Waals surface area contributed by atoms with E-state index in [9.17, 15) is 14.7 Å². The van der Waals surface area contributed by atoms with Crippen LogP contribution in [0, 0.1) is 6.92 Å². The van der Waals surface area contributed by atoms with Crippen molar-refractivity contribution in [2.75, 3.05) is 18.4 Å². The molecule has 0 fully saturated rings.